The molecule has 13 nitrogen and oxygen atoms in total. The molecule has 3 N–H and O–H groups in total. The molecule has 1 aliphatic rings. The van der Waals surface area contributed by atoms with Crippen molar-refractivity contribution in [1.29, 1.82) is 0 Å². The average Bonchev–Trinajstić information content (AvgIpc) is 3.34. The molecule has 1 fully saturated rings. The number of aromatic nitrogens is 2. The molecule has 2 unspecified atom stereocenters. The van der Waals surface area contributed by atoms with E-state index in [1.54, 1.807) is 0 Å². The number of ketones is 1. The SMILES string of the molecule is CCCN(CCC)S(=O)(=O)c1ccc(C(=O)OC(C)C(=O)C(O)[C@H]2O[C@@H](n3cc(C=CBr)c(=O)[nH]c3=O)C[C@@H]2O)cc1. The van der Waals surface area contributed by atoms with Crippen molar-refractivity contribution in [3.05, 3.63) is 67.4 Å². The van der Waals surface area contributed by atoms with Crippen molar-refractivity contribution in [3.8, 4) is 0 Å². The predicted octanol–water partition coefficient (Wildman–Crippen LogP) is 1.54. The van der Waals surface area contributed by atoms with Gasteiger partial charge in [-0.15, -0.1) is 0 Å². The van der Waals surface area contributed by atoms with Gasteiger partial charge in [0, 0.05) is 25.7 Å². The molecule has 230 valence electrons. The van der Waals surface area contributed by atoms with E-state index in [2.05, 4.69) is 20.9 Å². The third-order valence-corrected chi connectivity index (χ3v) is 8.82. The number of H-pyrrole nitrogens is 1. The highest BCUT2D eigenvalue weighted by Gasteiger charge is 2.44. The summed E-state index contributed by atoms with van der Waals surface area (Å²) in [6.45, 7) is 5.71. The van der Waals surface area contributed by atoms with Crippen LogP contribution in [0, 0.1) is 0 Å². The van der Waals surface area contributed by atoms with Gasteiger partial charge in [0.05, 0.1) is 22.1 Å². The van der Waals surface area contributed by atoms with Crippen molar-refractivity contribution >= 4 is 43.8 Å². The molecule has 0 aliphatic carbocycles. The normalized spacial score (nSPS) is 20.6. The number of carbonyl (C=O) groups excluding carboxylic acids is 2. The highest BCUT2D eigenvalue weighted by molar-refractivity contribution is 9.11. The van der Waals surface area contributed by atoms with Crippen molar-refractivity contribution in [2.45, 2.75) is 75.6 Å². The molecule has 0 radical (unpaired) electrons. The van der Waals surface area contributed by atoms with E-state index in [0.29, 0.717) is 25.9 Å². The fourth-order valence-electron chi connectivity index (χ4n) is 4.49. The zero-order valence-electron chi connectivity index (χ0n) is 23.3. The number of rotatable bonds is 13. The molecule has 1 aromatic carbocycles. The number of Topliss-reactive ketones (excluding diaryl/α,β-unsaturated/α-hetero) is 1. The van der Waals surface area contributed by atoms with E-state index < -0.39 is 63.7 Å². The topological polar surface area (TPSA) is 185 Å². The number of nitrogens with one attached hydrogen (secondary N) is 1. The van der Waals surface area contributed by atoms with Crippen molar-refractivity contribution in [2.24, 2.45) is 0 Å². The van der Waals surface area contributed by atoms with Crippen molar-refractivity contribution in [3.63, 3.8) is 0 Å². The van der Waals surface area contributed by atoms with Crippen molar-refractivity contribution in [2.75, 3.05) is 13.1 Å². The lowest BCUT2D eigenvalue weighted by Crippen LogP contribution is -2.45. The van der Waals surface area contributed by atoms with Crippen molar-refractivity contribution < 1.29 is 37.7 Å². The Balaban J connectivity index is 1.67. The summed E-state index contributed by atoms with van der Waals surface area (Å²) in [4.78, 5) is 53.4. The summed E-state index contributed by atoms with van der Waals surface area (Å²) < 4.78 is 39.1. The number of esters is 1. The Morgan fingerprint density at radius 2 is 1.83 bits per heavy atom. The molecular formula is C27H34BrN3O10S. The van der Waals surface area contributed by atoms with E-state index in [4.69, 9.17) is 9.47 Å². The van der Waals surface area contributed by atoms with Crippen LogP contribution in [0.15, 0.2) is 49.9 Å². The van der Waals surface area contributed by atoms with Crippen molar-refractivity contribution in [1.82, 2.24) is 13.9 Å². The number of hydrogen-bond donors (Lipinski definition) is 3. The summed E-state index contributed by atoms with van der Waals surface area (Å²) >= 11 is 3.05. The number of carbonyl (C=O) groups is 2. The number of halogens is 1. The van der Waals surface area contributed by atoms with E-state index in [0.717, 1.165) is 4.57 Å². The van der Waals surface area contributed by atoms with Gasteiger partial charge in [0.1, 0.15) is 18.4 Å². The number of aliphatic hydroxyl groups is 2. The third kappa shape index (κ3) is 7.51. The Morgan fingerprint density at radius 1 is 1.21 bits per heavy atom. The van der Waals surface area contributed by atoms with Gasteiger partial charge in [0.25, 0.3) is 5.56 Å². The van der Waals surface area contributed by atoms with Gasteiger partial charge in [-0.25, -0.2) is 18.0 Å². The Hall–Kier alpha value is -2.95. The maximum Gasteiger partial charge on any atom is 0.338 e. The van der Waals surface area contributed by atoms with E-state index in [9.17, 15) is 37.8 Å². The summed E-state index contributed by atoms with van der Waals surface area (Å²) in [5.41, 5.74) is -1.34. The van der Waals surface area contributed by atoms with E-state index in [1.807, 2.05) is 13.8 Å². The lowest BCUT2D eigenvalue weighted by atomic mass is 10.0. The van der Waals surface area contributed by atoms with Gasteiger partial charge in [-0.2, -0.15) is 4.31 Å². The maximum absolute atomic E-state index is 12.9. The van der Waals surface area contributed by atoms with Crippen LogP contribution >= 0.6 is 15.9 Å². The zero-order chi connectivity index (χ0) is 31.2. The van der Waals surface area contributed by atoms with Crippen LogP contribution in [0.1, 0.15) is 62.2 Å². The molecule has 15 heteroatoms. The van der Waals surface area contributed by atoms with Gasteiger partial charge in [-0.1, -0.05) is 29.8 Å². The number of hydrogen-bond acceptors (Lipinski definition) is 10. The van der Waals surface area contributed by atoms with Crippen LogP contribution in [-0.2, 0) is 24.3 Å². The molecule has 1 aliphatic heterocycles. The zero-order valence-corrected chi connectivity index (χ0v) is 25.7. The quantitative estimate of drug-likeness (QED) is 0.264. The van der Waals surface area contributed by atoms with Gasteiger partial charge in [-0.3, -0.25) is 19.1 Å². The minimum absolute atomic E-state index is 0.0105. The van der Waals surface area contributed by atoms with Crippen LogP contribution in [0.3, 0.4) is 0 Å². The Bertz CT molecular complexity index is 1510. The maximum atomic E-state index is 12.9. The number of sulfonamides is 1. The number of ether oxygens (including phenoxy) is 2. The second-order valence-corrected chi connectivity index (χ2v) is 12.2. The number of benzene rings is 1. The number of nitrogens with zero attached hydrogens (tertiary/aromatic N) is 2. The summed E-state index contributed by atoms with van der Waals surface area (Å²) in [5, 5.41) is 21.2. The molecule has 0 bridgehead atoms. The molecule has 1 saturated heterocycles. The smallest absolute Gasteiger partial charge is 0.338 e. The first-order chi connectivity index (χ1) is 19.8. The Morgan fingerprint density at radius 3 is 2.40 bits per heavy atom. The number of aliphatic hydroxyl groups excluding tert-OH is 2. The fraction of sp³-hybridized carbons (Fsp3) is 0.481. The van der Waals surface area contributed by atoms with Crippen LogP contribution < -0.4 is 11.2 Å². The average molecular weight is 673 g/mol. The van der Waals surface area contributed by atoms with E-state index in [1.165, 1.54) is 52.8 Å². The van der Waals surface area contributed by atoms with Gasteiger partial charge >= 0.3 is 11.7 Å². The van der Waals surface area contributed by atoms with Crippen LogP contribution in [0.5, 0.6) is 0 Å². The standard InChI is InChI=1S/C27H34BrN3O10S/c1-4-12-30(13-5-2)42(38,39)19-8-6-17(7-9-19)26(36)40-16(3)22(33)23(34)24-20(32)14-21(41-24)31-15-18(10-11-28)25(35)29-27(31)37/h6-11,15-16,20-21,23-24,32,34H,4-5,12-14H2,1-3H3,(H,29,35,37)/t16?,20-,21+,23?,24-/m0/s1. The van der Waals surface area contributed by atoms with Crippen LogP contribution in [0.2, 0.25) is 0 Å². The summed E-state index contributed by atoms with van der Waals surface area (Å²) in [6.07, 6.45) is -3.54. The third-order valence-electron chi connectivity index (χ3n) is 6.65. The Labute approximate surface area is 250 Å². The second-order valence-electron chi connectivity index (χ2n) is 9.73. The van der Waals surface area contributed by atoms with Crippen LogP contribution in [0.25, 0.3) is 6.08 Å². The molecule has 42 heavy (non-hydrogen) atoms. The minimum Gasteiger partial charge on any atom is -0.451 e. The van der Waals surface area contributed by atoms with E-state index in [-0.39, 0.29) is 22.4 Å². The van der Waals surface area contributed by atoms with Crippen LogP contribution in [0.4, 0.5) is 0 Å². The second kappa shape index (κ2) is 14.5. The van der Waals surface area contributed by atoms with Gasteiger partial charge in [0.15, 0.2) is 6.10 Å². The van der Waals surface area contributed by atoms with Crippen LogP contribution in [-0.4, -0.2) is 81.7 Å². The molecule has 0 amide bonds. The first-order valence-electron chi connectivity index (χ1n) is 13.3. The molecule has 5 atom stereocenters. The highest BCUT2D eigenvalue weighted by Crippen LogP contribution is 2.30. The molecule has 2 heterocycles. The Kier molecular flexibility index (Phi) is 11.6. The first kappa shape index (κ1) is 33.6. The summed E-state index contributed by atoms with van der Waals surface area (Å²) in [5.74, 6) is -1.89. The summed E-state index contributed by atoms with van der Waals surface area (Å²) in [6, 6.07) is 5.11. The van der Waals surface area contributed by atoms with Gasteiger partial charge < -0.3 is 19.7 Å². The van der Waals surface area contributed by atoms with Gasteiger partial charge in [-0.05, 0) is 55.1 Å². The fourth-order valence-corrected chi connectivity index (χ4v) is 6.39. The molecule has 0 spiro atoms. The number of aromatic amines is 1. The molecule has 1 aromatic heterocycles. The molecule has 2 aromatic rings. The first-order valence-corrected chi connectivity index (χ1v) is 15.7. The highest BCUT2D eigenvalue weighted by atomic mass is 79.9. The minimum atomic E-state index is -3.75. The summed E-state index contributed by atoms with van der Waals surface area (Å²) in [7, 11) is -3.75. The molecule has 3 rings (SSSR count). The lowest BCUT2D eigenvalue weighted by Gasteiger charge is -2.23. The monoisotopic (exact) mass is 671 g/mol. The largest absolute Gasteiger partial charge is 0.451 e. The van der Waals surface area contributed by atoms with Gasteiger partial charge in [0.2, 0.25) is 15.8 Å². The lowest BCUT2D eigenvalue weighted by molar-refractivity contribution is -0.149. The predicted molar refractivity (Wildman–Crippen MR) is 155 cm³/mol. The molecular weight excluding hydrogens is 638 g/mol. The molecule has 0 saturated carbocycles. The van der Waals surface area contributed by atoms with E-state index >= 15 is 0 Å².